The summed E-state index contributed by atoms with van der Waals surface area (Å²) < 4.78 is 1.69. The number of rotatable bonds is 3. The van der Waals surface area contributed by atoms with E-state index in [9.17, 15) is 5.11 Å². The average Bonchev–Trinajstić information content (AvgIpc) is 2.88. The van der Waals surface area contributed by atoms with Gasteiger partial charge in [-0.05, 0) is 13.8 Å². The first-order valence-corrected chi connectivity index (χ1v) is 4.76. The van der Waals surface area contributed by atoms with Crippen LogP contribution < -0.4 is 0 Å². The van der Waals surface area contributed by atoms with Crippen molar-refractivity contribution in [1.82, 2.24) is 25.0 Å². The maximum Gasteiger partial charge on any atom is 0.160 e. The van der Waals surface area contributed by atoms with Crippen LogP contribution in [0.2, 0.25) is 0 Å². The minimum Gasteiger partial charge on any atom is -0.380 e. The van der Waals surface area contributed by atoms with Gasteiger partial charge in [0.1, 0.15) is 12.4 Å². The van der Waals surface area contributed by atoms with E-state index in [1.54, 1.807) is 17.1 Å². The number of nitrogens with zero attached hydrogens (tertiary/aromatic N) is 4. The van der Waals surface area contributed by atoms with Crippen molar-refractivity contribution in [1.29, 1.82) is 0 Å². The van der Waals surface area contributed by atoms with Crippen LogP contribution >= 0.6 is 0 Å². The molecule has 1 atom stereocenters. The molecule has 0 aromatic carbocycles. The zero-order chi connectivity index (χ0) is 10.8. The third kappa shape index (κ3) is 1.75. The van der Waals surface area contributed by atoms with Gasteiger partial charge in [0.05, 0.1) is 6.20 Å². The highest BCUT2D eigenvalue weighted by Gasteiger charge is 2.19. The summed E-state index contributed by atoms with van der Waals surface area (Å²) in [5.74, 6) is 0.534. The van der Waals surface area contributed by atoms with Gasteiger partial charge in [-0.25, -0.2) is 9.67 Å². The molecule has 2 heterocycles. The van der Waals surface area contributed by atoms with Crippen LogP contribution in [0.1, 0.15) is 37.4 Å². The highest BCUT2D eigenvalue weighted by Crippen LogP contribution is 2.20. The van der Waals surface area contributed by atoms with Crippen LogP contribution in [-0.4, -0.2) is 30.1 Å². The van der Waals surface area contributed by atoms with Gasteiger partial charge < -0.3 is 5.11 Å². The lowest BCUT2D eigenvalue weighted by Crippen LogP contribution is -2.12. The van der Waals surface area contributed by atoms with Crippen molar-refractivity contribution in [2.45, 2.75) is 26.0 Å². The second-order valence-electron chi connectivity index (χ2n) is 3.59. The van der Waals surface area contributed by atoms with E-state index in [0.29, 0.717) is 11.4 Å². The average molecular weight is 207 g/mol. The van der Waals surface area contributed by atoms with E-state index in [4.69, 9.17) is 0 Å². The molecule has 80 valence electrons. The topological polar surface area (TPSA) is 79.6 Å². The Labute approximate surface area is 87.0 Å². The summed E-state index contributed by atoms with van der Waals surface area (Å²) in [5, 5.41) is 20.5. The molecule has 0 aliphatic rings. The Morgan fingerprint density at radius 2 is 2.27 bits per heavy atom. The largest absolute Gasteiger partial charge is 0.380 e. The maximum absolute atomic E-state index is 10.0. The predicted octanol–water partition coefficient (Wildman–Crippen LogP) is 0.664. The van der Waals surface area contributed by atoms with Gasteiger partial charge in [-0.3, -0.25) is 5.10 Å². The minimum atomic E-state index is -0.784. The zero-order valence-corrected chi connectivity index (χ0v) is 8.62. The standard InChI is InChI=1S/C9H13N5O/c1-6(2)14-9(10-5-13-14)8(15)7-3-11-12-4-7/h3-6,8,15H,1-2H3,(H,11,12). The Morgan fingerprint density at radius 3 is 2.87 bits per heavy atom. The van der Waals surface area contributed by atoms with Crippen molar-refractivity contribution in [3.05, 3.63) is 30.1 Å². The molecule has 0 aliphatic carbocycles. The van der Waals surface area contributed by atoms with E-state index in [0.717, 1.165) is 0 Å². The van der Waals surface area contributed by atoms with E-state index in [1.165, 1.54) is 6.33 Å². The normalized spacial score (nSPS) is 13.3. The van der Waals surface area contributed by atoms with Crippen LogP contribution in [0.4, 0.5) is 0 Å². The van der Waals surface area contributed by atoms with Crippen molar-refractivity contribution >= 4 is 0 Å². The number of nitrogens with one attached hydrogen (secondary N) is 1. The number of aliphatic hydroxyl groups excluding tert-OH is 1. The summed E-state index contributed by atoms with van der Waals surface area (Å²) in [6.07, 6.45) is 3.88. The Balaban J connectivity index is 2.33. The molecule has 2 aromatic rings. The van der Waals surface area contributed by atoms with Crippen LogP contribution in [0.5, 0.6) is 0 Å². The fourth-order valence-corrected chi connectivity index (χ4v) is 1.41. The van der Waals surface area contributed by atoms with Crippen LogP contribution in [0, 0.1) is 0 Å². The molecule has 0 radical (unpaired) electrons. The summed E-state index contributed by atoms with van der Waals surface area (Å²) in [5.41, 5.74) is 0.685. The molecule has 2 N–H and O–H groups in total. The smallest absolute Gasteiger partial charge is 0.160 e. The molecule has 6 nitrogen and oxygen atoms in total. The quantitative estimate of drug-likeness (QED) is 0.775. The molecular weight excluding hydrogens is 194 g/mol. The van der Waals surface area contributed by atoms with Crippen LogP contribution in [0.15, 0.2) is 18.7 Å². The lowest BCUT2D eigenvalue weighted by molar-refractivity contribution is 0.200. The fourth-order valence-electron chi connectivity index (χ4n) is 1.41. The highest BCUT2D eigenvalue weighted by molar-refractivity contribution is 5.15. The van der Waals surface area contributed by atoms with Gasteiger partial charge in [-0.1, -0.05) is 0 Å². The van der Waals surface area contributed by atoms with Crippen molar-refractivity contribution in [3.8, 4) is 0 Å². The van der Waals surface area contributed by atoms with E-state index >= 15 is 0 Å². The summed E-state index contributed by atoms with van der Waals surface area (Å²) in [4.78, 5) is 4.05. The van der Waals surface area contributed by atoms with E-state index < -0.39 is 6.10 Å². The molecular formula is C9H13N5O. The molecule has 2 rings (SSSR count). The summed E-state index contributed by atoms with van der Waals surface area (Å²) >= 11 is 0. The van der Waals surface area contributed by atoms with Crippen LogP contribution in [0.3, 0.4) is 0 Å². The molecule has 0 amide bonds. The number of H-pyrrole nitrogens is 1. The maximum atomic E-state index is 10.0. The van der Waals surface area contributed by atoms with E-state index in [2.05, 4.69) is 20.3 Å². The molecule has 0 saturated heterocycles. The molecule has 0 saturated carbocycles. The Morgan fingerprint density at radius 1 is 1.47 bits per heavy atom. The first kappa shape index (κ1) is 9.85. The third-order valence-electron chi connectivity index (χ3n) is 2.17. The van der Waals surface area contributed by atoms with Crippen molar-refractivity contribution in [3.63, 3.8) is 0 Å². The first-order valence-electron chi connectivity index (χ1n) is 4.76. The number of hydrogen-bond donors (Lipinski definition) is 2. The second-order valence-corrected chi connectivity index (χ2v) is 3.59. The van der Waals surface area contributed by atoms with Gasteiger partial charge in [-0.15, -0.1) is 0 Å². The lowest BCUT2D eigenvalue weighted by atomic mass is 10.2. The molecule has 15 heavy (non-hydrogen) atoms. The minimum absolute atomic E-state index is 0.170. The van der Waals surface area contributed by atoms with Gasteiger partial charge in [0.25, 0.3) is 0 Å². The molecule has 6 heteroatoms. The molecule has 0 bridgehead atoms. The number of aliphatic hydroxyl groups is 1. The van der Waals surface area contributed by atoms with Crippen LogP contribution in [0.25, 0.3) is 0 Å². The number of aromatic amines is 1. The van der Waals surface area contributed by atoms with Gasteiger partial charge in [0.2, 0.25) is 0 Å². The van der Waals surface area contributed by atoms with Crippen LogP contribution in [-0.2, 0) is 0 Å². The lowest BCUT2D eigenvalue weighted by Gasteiger charge is -2.12. The van der Waals surface area contributed by atoms with E-state index in [-0.39, 0.29) is 6.04 Å². The van der Waals surface area contributed by atoms with Gasteiger partial charge in [-0.2, -0.15) is 10.2 Å². The van der Waals surface area contributed by atoms with Gasteiger partial charge >= 0.3 is 0 Å². The highest BCUT2D eigenvalue weighted by atomic mass is 16.3. The van der Waals surface area contributed by atoms with Crippen molar-refractivity contribution < 1.29 is 5.11 Å². The number of hydrogen-bond acceptors (Lipinski definition) is 4. The summed E-state index contributed by atoms with van der Waals surface area (Å²) in [6.45, 7) is 3.97. The summed E-state index contributed by atoms with van der Waals surface area (Å²) in [7, 11) is 0. The molecule has 0 aliphatic heterocycles. The van der Waals surface area contributed by atoms with Crippen molar-refractivity contribution in [2.75, 3.05) is 0 Å². The molecule has 0 fully saturated rings. The molecule has 2 aromatic heterocycles. The Kier molecular flexibility index (Phi) is 2.51. The monoisotopic (exact) mass is 207 g/mol. The first-order chi connectivity index (χ1) is 7.20. The SMILES string of the molecule is CC(C)n1ncnc1C(O)c1cn[nH]c1. The molecule has 0 spiro atoms. The Bertz CT molecular complexity index is 419. The summed E-state index contributed by atoms with van der Waals surface area (Å²) in [6, 6.07) is 0.170. The predicted molar refractivity (Wildman–Crippen MR) is 53.1 cm³/mol. The van der Waals surface area contributed by atoms with Crippen molar-refractivity contribution in [2.24, 2.45) is 0 Å². The second kappa shape index (κ2) is 3.82. The van der Waals surface area contributed by atoms with E-state index in [1.807, 2.05) is 13.8 Å². The van der Waals surface area contributed by atoms with Gasteiger partial charge in [0.15, 0.2) is 5.82 Å². The third-order valence-corrected chi connectivity index (χ3v) is 2.17. The number of aromatic nitrogens is 5. The zero-order valence-electron chi connectivity index (χ0n) is 8.62. The fraction of sp³-hybridized carbons (Fsp3) is 0.444. The van der Waals surface area contributed by atoms with Gasteiger partial charge in [0, 0.05) is 17.8 Å². The molecule has 1 unspecified atom stereocenters. The Hall–Kier alpha value is -1.69.